The van der Waals surface area contributed by atoms with Crippen molar-refractivity contribution in [2.75, 3.05) is 13.1 Å². The summed E-state index contributed by atoms with van der Waals surface area (Å²) in [5, 5.41) is 3.40. The van der Waals surface area contributed by atoms with Gasteiger partial charge in [0.25, 0.3) is 0 Å². The maximum absolute atomic E-state index is 4.29. The van der Waals surface area contributed by atoms with Gasteiger partial charge in [0.15, 0.2) is 0 Å². The fourth-order valence-corrected chi connectivity index (χ4v) is 2.02. The molecular weight excluding hydrogens is 196 g/mol. The minimum atomic E-state index is 0. The van der Waals surface area contributed by atoms with Crippen molar-refractivity contribution in [1.29, 1.82) is 0 Å². The predicted molar refractivity (Wildman–Crippen MR) is 61.2 cm³/mol. The number of pyridine rings is 1. The van der Waals surface area contributed by atoms with Crippen molar-refractivity contribution in [3.63, 3.8) is 0 Å². The number of halogens is 1. The van der Waals surface area contributed by atoms with Crippen molar-refractivity contribution >= 4 is 12.4 Å². The van der Waals surface area contributed by atoms with Gasteiger partial charge >= 0.3 is 0 Å². The molecule has 1 aliphatic heterocycles. The molecule has 0 saturated carbocycles. The van der Waals surface area contributed by atoms with Crippen molar-refractivity contribution in [3.05, 3.63) is 29.1 Å². The molecule has 2 nitrogen and oxygen atoms in total. The second kappa shape index (κ2) is 4.76. The van der Waals surface area contributed by atoms with Crippen LogP contribution in [0.3, 0.4) is 0 Å². The van der Waals surface area contributed by atoms with Crippen LogP contribution in [0, 0.1) is 13.8 Å². The van der Waals surface area contributed by atoms with E-state index in [1.54, 1.807) is 0 Å². The van der Waals surface area contributed by atoms with E-state index in [0.717, 1.165) is 13.1 Å². The molecule has 0 aliphatic carbocycles. The van der Waals surface area contributed by atoms with Gasteiger partial charge < -0.3 is 5.32 Å². The highest BCUT2D eigenvalue weighted by molar-refractivity contribution is 5.85. The highest BCUT2D eigenvalue weighted by Crippen LogP contribution is 2.25. The van der Waals surface area contributed by atoms with Crippen LogP contribution >= 0.6 is 12.4 Å². The molecule has 0 radical (unpaired) electrons. The number of aryl methyl sites for hydroxylation is 1. The predicted octanol–water partition coefficient (Wildman–Crippen LogP) is 2.20. The Morgan fingerprint density at radius 3 is 2.86 bits per heavy atom. The fraction of sp³-hybridized carbons (Fsp3) is 0.545. The molecule has 1 fully saturated rings. The van der Waals surface area contributed by atoms with Gasteiger partial charge in [-0.1, -0.05) is 0 Å². The van der Waals surface area contributed by atoms with Crippen LogP contribution in [0.1, 0.15) is 29.2 Å². The van der Waals surface area contributed by atoms with E-state index in [0.29, 0.717) is 5.92 Å². The number of hydrogen-bond acceptors (Lipinski definition) is 2. The lowest BCUT2D eigenvalue weighted by molar-refractivity contribution is 0.752. The summed E-state index contributed by atoms with van der Waals surface area (Å²) in [5.41, 5.74) is 4.03. The van der Waals surface area contributed by atoms with Gasteiger partial charge in [-0.2, -0.15) is 0 Å². The van der Waals surface area contributed by atoms with Gasteiger partial charge in [-0.15, -0.1) is 12.4 Å². The van der Waals surface area contributed by atoms with E-state index >= 15 is 0 Å². The maximum atomic E-state index is 4.29. The van der Waals surface area contributed by atoms with Gasteiger partial charge in [-0.05, 0) is 49.9 Å². The molecule has 1 aliphatic rings. The van der Waals surface area contributed by atoms with Gasteiger partial charge in [0, 0.05) is 18.4 Å². The number of rotatable bonds is 1. The summed E-state index contributed by atoms with van der Waals surface area (Å²) in [7, 11) is 0. The molecule has 0 amide bonds. The molecular formula is C11H17ClN2. The second-order valence-electron chi connectivity index (χ2n) is 3.80. The third-order valence-electron chi connectivity index (χ3n) is 3.00. The average Bonchev–Trinajstić information content (AvgIpc) is 2.62. The van der Waals surface area contributed by atoms with E-state index < -0.39 is 0 Å². The van der Waals surface area contributed by atoms with Gasteiger partial charge in [-0.3, -0.25) is 4.98 Å². The van der Waals surface area contributed by atoms with Crippen LogP contribution in [0.5, 0.6) is 0 Å². The number of nitrogens with zero attached hydrogens (tertiary/aromatic N) is 1. The molecule has 2 heterocycles. The monoisotopic (exact) mass is 212 g/mol. The minimum absolute atomic E-state index is 0. The smallest absolute Gasteiger partial charge is 0.0404 e. The zero-order chi connectivity index (χ0) is 9.26. The highest BCUT2D eigenvalue weighted by atomic mass is 35.5. The Labute approximate surface area is 91.5 Å². The van der Waals surface area contributed by atoms with Crippen molar-refractivity contribution in [2.45, 2.75) is 26.2 Å². The first-order valence-electron chi connectivity index (χ1n) is 4.92. The zero-order valence-electron chi connectivity index (χ0n) is 8.71. The molecule has 1 atom stereocenters. The van der Waals surface area contributed by atoms with E-state index in [1.165, 1.54) is 23.2 Å². The Hall–Kier alpha value is -0.600. The molecule has 0 spiro atoms. The normalized spacial score (nSPS) is 20.6. The highest BCUT2D eigenvalue weighted by Gasteiger charge is 2.18. The zero-order valence-corrected chi connectivity index (χ0v) is 9.53. The Balaban J connectivity index is 0.000000980. The van der Waals surface area contributed by atoms with Crippen LogP contribution in [0.4, 0.5) is 0 Å². The van der Waals surface area contributed by atoms with E-state index in [4.69, 9.17) is 0 Å². The lowest BCUT2D eigenvalue weighted by Gasteiger charge is -2.13. The second-order valence-corrected chi connectivity index (χ2v) is 3.80. The van der Waals surface area contributed by atoms with Crippen LogP contribution in [0.15, 0.2) is 12.3 Å². The summed E-state index contributed by atoms with van der Waals surface area (Å²) in [6.07, 6.45) is 3.19. The SMILES string of the molecule is Cc1nccc(C2CCNC2)c1C.Cl. The first-order chi connectivity index (χ1) is 6.29. The van der Waals surface area contributed by atoms with Gasteiger partial charge in [-0.25, -0.2) is 0 Å². The first-order valence-corrected chi connectivity index (χ1v) is 4.92. The topological polar surface area (TPSA) is 24.9 Å². The summed E-state index contributed by atoms with van der Waals surface area (Å²) in [4.78, 5) is 4.29. The minimum Gasteiger partial charge on any atom is -0.316 e. The molecule has 1 N–H and O–H groups in total. The van der Waals surface area contributed by atoms with Crippen LogP contribution in [0.2, 0.25) is 0 Å². The molecule has 78 valence electrons. The molecule has 2 rings (SSSR count). The summed E-state index contributed by atoms with van der Waals surface area (Å²) < 4.78 is 0. The lowest BCUT2D eigenvalue weighted by atomic mass is 9.94. The number of hydrogen-bond donors (Lipinski definition) is 1. The molecule has 0 aromatic carbocycles. The molecule has 3 heteroatoms. The molecule has 1 aromatic rings. The Kier molecular flexibility index (Phi) is 3.90. The van der Waals surface area contributed by atoms with Crippen LogP contribution in [-0.2, 0) is 0 Å². The van der Waals surface area contributed by atoms with Crippen molar-refractivity contribution in [2.24, 2.45) is 0 Å². The Bertz CT molecular complexity index is 306. The standard InChI is InChI=1S/C11H16N2.ClH/c1-8-9(2)13-6-4-11(8)10-3-5-12-7-10;/h4,6,10,12H,3,5,7H2,1-2H3;1H. The largest absolute Gasteiger partial charge is 0.316 e. The molecule has 1 unspecified atom stereocenters. The summed E-state index contributed by atoms with van der Waals surface area (Å²) in [6.45, 7) is 6.55. The Morgan fingerprint density at radius 2 is 2.21 bits per heavy atom. The quantitative estimate of drug-likeness (QED) is 0.772. The van der Waals surface area contributed by atoms with Crippen molar-refractivity contribution in [1.82, 2.24) is 10.3 Å². The third-order valence-corrected chi connectivity index (χ3v) is 3.00. The van der Waals surface area contributed by atoms with Crippen LogP contribution in [0.25, 0.3) is 0 Å². The molecule has 1 aromatic heterocycles. The number of nitrogens with one attached hydrogen (secondary N) is 1. The lowest BCUT2D eigenvalue weighted by Crippen LogP contribution is -2.09. The van der Waals surface area contributed by atoms with Crippen LogP contribution in [-0.4, -0.2) is 18.1 Å². The van der Waals surface area contributed by atoms with Gasteiger partial charge in [0.2, 0.25) is 0 Å². The first kappa shape index (κ1) is 11.5. The van der Waals surface area contributed by atoms with E-state index in [-0.39, 0.29) is 12.4 Å². The molecule has 0 bridgehead atoms. The van der Waals surface area contributed by atoms with Gasteiger partial charge in [0.1, 0.15) is 0 Å². The van der Waals surface area contributed by atoms with Crippen molar-refractivity contribution in [3.8, 4) is 0 Å². The summed E-state index contributed by atoms with van der Waals surface area (Å²) in [6, 6.07) is 2.17. The summed E-state index contributed by atoms with van der Waals surface area (Å²) >= 11 is 0. The van der Waals surface area contributed by atoms with Crippen molar-refractivity contribution < 1.29 is 0 Å². The fourth-order valence-electron chi connectivity index (χ4n) is 2.02. The average molecular weight is 213 g/mol. The summed E-state index contributed by atoms with van der Waals surface area (Å²) in [5.74, 6) is 0.710. The van der Waals surface area contributed by atoms with Gasteiger partial charge in [0.05, 0.1) is 0 Å². The molecule has 1 saturated heterocycles. The Morgan fingerprint density at radius 1 is 1.43 bits per heavy atom. The van der Waals surface area contributed by atoms with Crippen LogP contribution < -0.4 is 5.32 Å². The maximum Gasteiger partial charge on any atom is 0.0404 e. The third kappa shape index (κ3) is 2.07. The van der Waals surface area contributed by atoms with E-state index in [2.05, 4.69) is 30.2 Å². The number of aromatic nitrogens is 1. The van der Waals surface area contributed by atoms with E-state index in [9.17, 15) is 0 Å². The van der Waals surface area contributed by atoms with E-state index in [1.807, 2.05) is 6.20 Å². The molecule has 14 heavy (non-hydrogen) atoms.